The molecule has 1 aliphatic carbocycles. The Labute approximate surface area is 141 Å². The van der Waals surface area contributed by atoms with E-state index < -0.39 is 0 Å². The number of nitrogens with zero attached hydrogens (tertiary/aromatic N) is 1. The Morgan fingerprint density at radius 3 is 2.54 bits per heavy atom. The second-order valence-corrected chi connectivity index (χ2v) is 6.33. The average Bonchev–Trinajstić information content (AvgIpc) is 3.38. The van der Waals surface area contributed by atoms with Crippen LogP contribution in [-0.2, 0) is 16.1 Å². The summed E-state index contributed by atoms with van der Waals surface area (Å²) in [6, 6.07) is 9.66. The van der Waals surface area contributed by atoms with Crippen molar-refractivity contribution in [1.82, 2.24) is 10.3 Å². The summed E-state index contributed by atoms with van der Waals surface area (Å²) in [5.41, 5.74) is 3.94. The predicted molar refractivity (Wildman–Crippen MR) is 92.2 cm³/mol. The summed E-state index contributed by atoms with van der Waals surface area (Å²) in [4.78, 5) is 28.4. The van der Waals surface area contributed by atoms with Gasteiger partial charge in [-0.3, -0.25) is 14.6 Å². The highest BCUT2D eigenvalue weighted by Gasteiger charge is 2.47. The molecule has 1 aromatic heterocycles. The summed E-state index contributed by atoms with van der Waals surface area (Å²) in [5, 5.41) is 5.83. The number of aromatic nitrogens is 1. The van der Waals surface area contributed by atoms with Gasteiger partial charge < -0.3 is 10.6 Å². The first-order valence-electron chi connectivity index (χ1n) is 8.09. The lowest BCUT2D eigenvalue weighted by Crippen LogP contribution is -2.27. The predicted octanol–water partition coefficient (Wildman–Crippen LogP) is 2.59. The van der Waals surface area contributed by atoms with E-state index in [-0.39, 0.29) is 23.7 Å². The summed E-state index contributed by atoms with van der Waals surface area (Å²) in [5.74, 6) is -0.597. The summed E-state index contributed by atoms with van der Waals surface area (Å²) < 4.78 is 0. The highest BCUT2D eigenvalue weighted by atomic mass is 16.2. The fourth-order valence-electron chi connectivity index (χ4n) is 2.69. The minimum atomic E-state index is -0.234. The van der Waals surface area contributed by atoms with E-state index in [1.165, 1.54) is 0 Å². The quantitative estimate of drug-likeness (QED) is 0.888. The zero-order chi connectivity index (χ0) is 17.1. The van der Waals surface area contributed by atoms with Gasteiger partial charge in [-0.1, -0.05) is 12.1 Å². The third kappa shape index (κ3) is 3.79. The molecule has 1 aromatic carbocycles. The first kappa shape index (κ1) is 16.2. The third-order valence-electron chi connectivity index (χ3n) is 4.33. The molecule has 0 aliphatic heterocycles. The molecule has 1 aliphatic rings. The number of hydrogen-bond acceptors (Lipinski definition) is 3. The Hall–Kier alpha value is -2.69. The van der Waals surface area contributed by atoms with E-state index in [2.05, 4.69) is 15.6 Å². The molecule has 2 unspecified atom stereocenters. The number of anilines is 1. The maximum absolute atomic E-state index is 12.3. The molecule has 5 nitrogen and oxygen atoms in total. The largest absolute Gasteiger partial charge is 0.352 e. The zero-order valence-electron chi connectivity index (χ0n) is 13.9. The third-order valence-corrected chi connectivity index (χ3v) is 4.33. The van der Waals surface area contributed by atoms with Crippen LogP contribution in [0.25, 0.3) is 0 Å². The lowest BCUT2D eigenvalue weighted by Gasteiger charge is -2.09. The molecular weight excluding hydrogens is 302 g/mol. The second kappa shape index (κ2) is 6.83. The van der Waals surface area contributed by atoms with E-state index in [1.54, 1.807) is 12.4 Å². The van der Waals surface area contributed by atoms with E-state index in [0.717, 1.165) is 22.4 Å². The van der Waals surface area contributed by atoms with Crippen LogP contribution in [0.3, 0.4) is 0 Å². The molecule has 24 heavy (non-hydrogen) atoms. The van der Waals surface area contributed by atoms with Gasteiger partial charge in [0.15, 0.2) is 0 Å². The van der Waals surface area contributed by atoms with Crippen molar-refractivity contribution in [3.63, 3.8) is 0 Å². The van der Waals surface area contributed by atoms with Crippen LogP contribution in [0.5, 0.6) is 0 Å². The number of benzene rings is 1. The minimum Gasteiger partial charge on any atom is -0.352 e. The Kier molecular flexibility index (Phi) is 4.60. The van der Waals surface area contributed by atoms with Crippen LogP contribution < -0.4 is 10.6 Å². The van der Waals surface area contributed by atoms with Gasteiger partial charge in [0.05, 0.1) is 11.8 Å². The Bertz CT molecular complexity index is 758. The normalized spacial score (nSPS) is 18.8. The maximum atomic E-state index is 12.3. The van der Waals surface area contributed by atoms with Gasteiger partial charge in [-0.25, -0.2) is 0 Å². The maximum Gasteiger partial charge on any atom is 0.228 e. The first-order chi connectivity index (χ1) is 11.5. The Morgan fingerprint density at radius 2 is 1.79 bits per heavy atom. The molecule has 0 spiro atoms. The molecule has 5 heteroatoms. The summed E-state index contributed by atoms with van der Waals surface area (Å²) >= 11 is 0. The standard InChI is InChI=1S/C19H21N3O2/c1-12-3-4-13(2)17(9-12)22-19(24)16-10-15(16)18(23)21-11-14-5-7-20-8-6-14/h3-9,15-16H,10-11H2,1-2H3,(H,21,23)(H,22,24). The number of carbonyl (C=O) groups excluding carboxylic acids is 2. The van der Waals surface area contributed by atoms with Gasteiger partial charge in [0.2, 0.25) is 11.8 Å². The molecule has 2 amide bonds. The number of hydrogen-bond donors (Lipinski definition) is 2. The lowest BCUT2D eigenvalue weighted by molar-refractivity contribution is -0.125. The van der Waals surface area contributed by atoms with Crippen molar-refractivity contribution in [2.45, 2.75) is 26.8 Å². The smallest absolute Gasteiger partial charge is 0.228 e. The van der Waals surface area contributed by atoms with Crippen molar-refractivity contribution in [3.8, 4) is 0 Å². The highest BCUT2D eigenvalue weighted by Crippen LogP contribution is 2.39. The lowest BCUT2D eigenvalue weighted by atomic mass is 10.1. The molecule has 1 heterocycles. The van der Waals surface area contributed by atoms with Crippen molar-refractivity contribution in [1.29, 1.82) is 0 Å². The molecule has 2 N–H and O–H groups in total. The molecule has 3 rings (SSSR count). The summed E-state index contributed by atoms with van der Waals surface area (Å²) in [7, 11) is 0. The van der Waals surface area contributed by atoms with Crippen LogP contribution >= 0.6 is 0 Å². The topological polar surface area (TPSA) is 71.1 Å². The van der Waals surface area contributed by atoms with Gasteiger partial charge in [0, 0.05) is 24.6 Å². The summed E-state index contributed by atoms with van der Waals surface area (Å²) in [6.07, 6.45) is 4.00. The number of rotatable bonds is 5. The summed E-state index contributed by atoms with van der Waals surface area (Å²) in [6.45, 7) is 4.41. The van der Waals surface area contributed by atoms with Crippen LogP contribution in [-0.4, -0.2) is 16.8 Å². The molecular formula is C19H21N3O2. The van der Waals surface area contributed by atoms with Gasteiger partial charge >= 0.3 is 0 Å². The number of pyridine rings is 1. The average molecular weight is 323 g/mol. The van der Waals surface area contributed by atoms with Gasteiger partial charge in [-0.05, 0) is 55.2 Å². The van der Waals surface area contributed by atoms with Gasteiger partial charge in [-0.15, -0.1) is 0 Å². The van der Waals surface area contributed by atoms with Gasteiger partial charge in [-0.2, -0.15) is 0 Å². The monoisotopic (exact) mass is 323 g/mol. The Balaban J connectivity index is 1.52. The van der Waals surface area contributed by atoms with Gasteiger partial charge in [0.25, 0.3) is 0 Å². The van der Waals surface area contributed by atoms with E-state index in [9.17, 15) is 9.59 Å². The van der Waals surface area contributed by atoms with E-state index >= 15 is 0 Å². The van der Waals surface area contributed by atoms with Crippen molar-refractivity contribution in [2.24, 2.45) is 11.8 Å². The fourth-order valence-corrected chi connectivity index (χ4v) is 2.69. The van der Waals surface area contributed by atoms with E-state index in [0.29, 0.717) is 13.0 Å². The Morgan fingerprint density at radius 1 is 1.08 bits per heavy atom. The van der Waals surface area contributed by atoms with Gasteiger partial charge in [0.1, 0.15) is 0 Å². The number of aryl methyl sites for hydroxylation is 2. The van der Waals surface area contributed by atoms with Crippen molar-refractivity contribution in [3.05, 3.63) is 59.4 Å². The molecule has 0 saturated heterocycles. The molecule has 124 valence electrons. The van der Waals surface area contributed by atoms with Crippen LogP contribution in [0.15, 0.2) is 42.7 Å². The molecule has 1 fully saturated rings. The van der Waals surface area contributed by atoms with Crippen LogP contribution in [0, 0.1) is 25.7 Å². The van der Waals surface area contributed by atoms with Crippen molar-refractivity contribution >= 4 is 17.5 Å². The molecule has 2 atom stereocenters. The van der Waals surface area contributed by atoms with E-state index in [1.807, 2.05) is 44.2 Å². The SMILES string of the molecule is Cc1ccc(C)c(NC(=O)C2CC2C(=O)NCc2ccncc2)c1. The number of nitrogens with one attached hydrogen (secondary N) is 2. The molecule has 2 aromatic rings. The van der Waals surface area contributed by atoms with Crippen LogP contribution in [0.1, 0.15) is 23.1 Å². The minimum absolute atomic E-state index is 0.0621. The molecule has 0 bridgehead atoms. The van der Waals surface area contributed by atoms with Crippen molar-refractivity contribution in [2.75, 3.05) is 5.32 Å². The molecule has 0 radical (unpaired) electrons. The first-order valence-corrected chi connectivity index (χ1v) is 8.09. The van der Waals surface area contributed by atoms with Crippen molar-refractivity contribution < 1.29 is 9.59 Å². The molecule has 1 saturated carbocycles. The second-order valence-electron chi connectivity index (χ2n) is 6.33. The van der Waals surface area contributed by atoms with E-state index in [4.69, 9.17) is 0 Å². The van der Waals surface area contributed by atoms with Crippen LogP contribution in [0.4, 0.5) is 5.69 Å². The van der Waals surface area contributed by atoms with Crippen LogP contribution in [0.2, 0.25) is 0 Å². The zero-order valence-corrected chi connectivity index (χ0v) is 13.9. The highest BCUT2D eigenvalue weighted by molar-refractivity contribution is 5.99. The number of amides is 2. The fraction of sp³-hybridized carbons (Fsp3) is 0.316. The number of carbonyl (C=O) groups is 2.